The van der Waals surface area contributed by atoms with E-state index >= 15 is 0 Å². The molecule has 0 atom stereocenters. The average molecular weight is 195 g/mol. The fourth-order valence-corrected chi connectivity index (χ4v) is 2.18. The van der Waals surface area contributed by atoms with Crippen LogP contribution < -0.4 is 0 Å². The maximum absolute atomic E-state index is 10.7. The van der Waals surface area contributed by atoms with Gasteiger partial charge in [-0.2, -0.15) is 5.26 Å². The molecule has 0 amide bonds. The molecule has 0 saturated heterocycles. The van der Waals surface area contributed by atoms with Gasteiger partial charge >= 0.3 is 5.97 Å². The van der Waals surface area contributed by atoms with Crippen molar-refractivity contribution < 1.29 is 9.90 Å². The summed E-state index contributed by atoms with van der Waals surface area (Å²) in [7, 11) is 0. The maximum atomic E-state index is 10.7. The van der Waals surface area contributed by atoms with E-state index in [4.69, 9.17) is 10.4 Å². The molecule has 0 aliphatic carbocycles. The van der Waals surface area contributed by atoms with Gasteiger partial charge in [0.2, 0.25) is 0 Å². The van der Waals surface area contributed by atoms with E-state index in [0.29, 0.717) is 10.4 Å². The third-order valence-corrected chi connectivity index (χ3v) is 2.87. The van der Waals surface area contributed by atoms with Crippen LogP contribution in [0.15, 0.2) is 5.38 Å². The van der Waals surface area contributed by atoms with E-state index in [1.54, 1.807) is 0 Å². The Morgan fingerprint density at radius 1 is 1.77 bits per heavy atom. The number of thiophene rings is 1. The van der Waals surface area contributed by atoms with Crippen molar-refractivity contribution in [1.29, 1.82) is 5.26 Å². The van der Waals surface area contributed by atoms with Crippen LogP contribution in [0.2, 0.25) is 0 Å². The van der Waals surface area contributed by atoms with Gasteiger partial charge in [0.1, 0.15) is 4.88 Å². The van der Waals surface area contributed by atoms with Crippen molar-refractivity contribution in [1.82, 2.24) is 0 Å². The number of carbonyl (C=O) groups is 1. The smallest absolute Gasteiger partial charge is 0.346 e. The van der Waals surface area contributed by atoms with Crippen LogP contribution in [-0.2, 0) is 12.8 Å². The first-order valence-electron chi connectivity index (χ1n) is 3.90. The summed E-state index contributed by atoms with van der Waals surface area (Å²) >= 11 is 1.20. The zero-order valence-electron chi connectivity index (χ0n) is 7.20. The summed E-state index contributed by atoms with van der Waals surface area (Å²) in [6, 6.07) is 1.98. The SMILES string of the molecule is CCc1csc(C(=O)O)c1CC#N. The summed E-state index contributed by atoms with van der Waals surface area (Å²) in [5, 5.41) is 19.1. The molecule has 0 saturated carbocycles. The zero-order chi connectivity index (χ0) is 9.84. The van der Waals surface area contributed by atoms with Gasteiger partial charge in [-0.15, -0.1) is 11.3 Å². The Morgan fingerprint density at radius 3 is 2.92 bits per heavy atom. The maximum Gasteiger partial charge on any atom is 0.346 e. The zero-order valence-corrected chi connectivity index (χ0v) is 8.02. The Hall–Kier alpha value is -1.34. The topological polar surface area (TPSA) is 61.1 Å². The minimum atomic E-state index is -0.935. The molecule has 1 heterocycles. The van der Waals surface area contributed by atoms with Crippen LogP contribution in [0, 0.1) is 11.3 Å². The van der Waals surface area contributed by atoms with Gasteiger partial charge in [0.25, 0.3) is 0 Å². The number of aromatic carboxylic acids is 1. The number of nitrogens with zero attached hydrogens (tertiary/aromatic N) is 1. The molecule has 0 bridgehead atoms. The van der Waals surface area contributed by atoms with Gasteiger partial charge < -0.3 is 5.11 Å². The Labute approximate surface area is 80.2 Å². The molecular formula is C9H9NO2S. The van der Waals surface area contributed by atoms with Gasteiger partial charge in [-0.25, -0.2) is 4.79 Å². The van der Waals surface area contributed by atoms with Crippen LogP contribution in [0.5, 0.6) is 0 Å². The van der Waals surface area contributed by atoms with Crippen LogP contribution in [0.25, 0.3) is 0 Å². The standard InChI is InChI=1S/C9H9NO2S/c1-2-6-5-13-8(9(11)12)7(6)3-4-10/h5H,2-3H2,1H3,(H,11,12). The first-order chi connectivity index (χ1) is 6.20. The summed E-state index contributed by atoms with van der Waals surface area (Å²) in [4.78, 5) is 11.0. The normalized spacial score (nSPS) is 9.54. The van der Waals surface area contributed by atoms with Crippen molar-refractivity contribution in [2.45, 2.75) is 19.8 Å². The molecule has 13 heavy (non-hydrogen) atoms. The van der Waals surface area contributed by atoms with Gasteiger partial charge in [0.15, 0.2) is 0 Å². The lowest BCUT2D eigenvalue weighted by molar-refractivity contribution is 0.0701. The molecule has 0 aromatic carbocycles. The van der Waals surface area contributed by atoms with Gasteiger partial charge in [-0.1, -0.05) is 6.92 Å². The molecular weight excluding hydrogens is 186 g/mol. The molecule has 0 radical (unpaired) electrons. The summed E-state index contributed by atoms with van der Waals surface area (Å²) in [6.45, 7) is 1.95. The average Bonchev–Trinajstić information content (AvgIpc) is 2.48. The second kappa shape index (κ2) is 4.06. The van der Waals surface area contributed by atoms with Gasteiger partial charge in [-0.3, -0.25) is 0 Å². The van der Waals surface area contributed by atoms with E-state index < -0.39 is 5.97 Å². The molecule has 1 aromatic heterocycles. The molecule has 68 valence electrons. The van der Waals surface area contributed by atoms with E-state index in [-0.39, 0.29) is 6.42 Å². The Morgan fingerprint density at radius 2 is 2.46 bits per heavy atom. The van der Waals surface area contributed by atoms with E-state index in [2.05, 4.69) is 0 Å². The van der Waals surface area contributed by atoms with Crippen LogP contribution in [0.4, 0.5) is 0 Å². The second-order valence-corrected chi connectivity index (χ2v) is 3.44. The van der Waals surface area contributed by atoms with E-state index in [9.17, 15) is 4.79 Å². The largest absolute Gasteiger partial charge is 0.477 e. The number of carboxylic acids is 1. The van der Waals surface area contributed by atoms with Crippen molar-refractivity contribution in [3.63, 3.8) is 0 Å². The predicted molar refractivity (Wildman–Crippen MR) is 50.0 cm³/mol. The molecule has 0 spiro atoms. The molecule has 0 aliphatic rings. The lowest BCUT2D eigenvalue weighted by Crippen LogP contribution is -1.98. The molecule has 3 nitrogen and oxygen atoms in total. The van der Waals surface area contributed by atoms with Crippen molar-refractivity contribution in [2.75, 3.05) is 0 Å². The lowest BCUT2D eigenvalue weighted by atomic mass is 10.1. The summed E-state index contributed by atoms with van der Waals surface area (Å²) in [5.74, 6) is -0.935. The van der Waals surface area contributed by atoms with Crippen molar-refractivity contribution >= 4 is 17.3 Å². The molecule has 0 unspecified atom stereocenters. The number of hydrogen-bond donors (Lipinski definition) is 1. The van der Waals surface area contributed by atoms with Crippen LogP contribution >= 0.6 is 11.3 Å². The van der Waals surface area contributed by atoms with Crippen LogP contribution in [0.1, 0.15) is 27.7 Å². The highest BCUT2D eigenvalue weighted by Crippen LogP contribution is 2.23. The van der Waals surface area contributed by atoms with Crippen molar-refractivity contribution in [2.24, 2.45) is 0 Å². The van der Waals surface area contributed by atoms with Crippen molar-refractivity contribution in [3.8, 4) is 6.07 Å². The van der Waals surface area contributed by atoms with Gasteiger partial charge in [-0.05, 0) is 22.9 Å². The fourth-order valence-electron chi connectivity index (χ4n) is 1.17. The Kier molecular flexibility index (Phi) is 3.04. The van der Waals surface area contributed by atoms with E-state index in [0.717, 1.165) is 12.0 Å². The molecule has 0 aliphatic heterocycles. The molecule has 1 N–H and O–H groups in total. The highest BCUT2D eigenvalue weighted by atomic mass is 32.1. The highest BCUT2D eigenvalue weighted by Gasteiger charge is 2.15. The summed E-state index contributed by atoms with van der Waals surface area (Å²) in [6.07, 6.45) is 0.967. The monoisotopic (exact) mass is 195 g/mol. The van der Waals surface area contributed by atoms with Crippen LogP contribution in [0.3, 0.4) is 0 Å². The number of carboxylic acid groups (broad SMARTS) is 1. The number of nitriles is 1. The van der Waals surface area contributed by atoms with Gasteiger partial charge in [0, 0.05) is 0 Å². The molecule has 0 fully saturated rings. The third-order valence-electron chi connectivity index (χ3n) is 1.81. The van der Waals surface area contributed by atoms with Crippen molar-refractivity contribution in [3.05, 3.63) is 21.4 Å². The minimum Gasteiger partial charge on any atom is -0.477 e. The highest BCUT2D eigenvalue weighted by molar-refractivity contribution is 7.12. The third kappa shape index (κ3) is 1.87. The summed E-state index contributed by atoms with van der Waals surface area (Å²) in [5.41, 5.74) is 1.66. The Bertz CT molecular complexity index is 362. The molecule has 1 rings (SSSR count). The van der Waals surface area contributed by atoms with Crippen LogP contribution in [-0.4, -0.2) is 11.1 Å². The number of rotatable bonds is 3. The lowest BCUT2D eigenvalue weighted by Gasteiger charge is -1.97. The quantitative estimate of drug-likeness (QED) is 0.803. The van der Waals surface area contributed by atoms with Gasteiger partial charge in [0.05, 0.1) is 12.5 Å². The summed E-state index contributed by atoms with van der Waals surface area (Å²) < 4.78 is 0. The number of hydrogen-bond acceptors (Lipinski definition) is 3. The van der Waals surface area contributed by atoms with E-state index in [1.807, 2.05) is 18.4 Å². The predicted octanol–water partition coefficient (Wildman–Crippen LogP) is 2.07. The molecule has 4 heteroatoms. The van der Waals surface area contributed by atoms with E-state index in [1.165, 1.54) is 11.3 Å². The second-order valence-electron chi connectivity index (χ2n) is 2.56. The fraction of sp³-hybridized carbons (Fsp3) is 0.333. The number of aryl methyl sites for hydroxylation is 1. The Balaban J connectivity index is 3.15. The first kappa shape index (κ1) is 9.75. The first-order valence-corrected chi connectivity index (χ1v) is 4.78. The minimum absolute atomic E-state index is 0.189. The molecule has 1 aromatic rings.